The van der Waals surface area contributed by atoms with Gasteiger partial charge in [0.25, 0.3) is 0 Å². The first-order valence-corrected chi connectivity index (χ1v) is 13.4. The third-order valence-electron chi connectivity index (χ3n) is 5.61. The number of amides is 1. The summed E-state index contributed by atoms with van der Waals surface area (Å²) in [6.45, 7) is 5.26. The molecule has 0 bridgehead atoms. The number of nitrogens with one attached hydrogen (secondary N) is 2. The van der Waals surface area contributed by atoms with Gasteiger partial charge >= 0.3 is 0 Å². The van der Waals surface area contributed by atoms with Crippen LogP contribution in [-0.2, 0) is 21.2 Å². The normalized spacial score (nSPS) is 14.0. The van der Waals surface area contributed by atoms with Gasteiger partial charge < -0.3 is 15.0 Å². The molecule has 0 radical (unpaired) electrons. The van der Waals surface area contributed by atoms with E-state index in [2.05, 4.69) is 21.9 Å². The van der Waals surface area contributed by atoms with Crippen molar-refractivity contribution in [2.45, 2.75) is 45.4 Å². The Morgan fingerprint density at radius 3 is 2.36 bits per heavy atom. The molecular formula is C25H35N3O4S. The number of rotatable bonds is 12. The number of benzene rings is 2. The summed E-state index contributed by atoms with van der Waals surface area (Å²) in [4.78, 5) is 14.5. The first-order valence-electron chi connectivity index (χ1n) is 11.8. The number of carbonyl (C=O) groups is 1. The number of piperidine rings is 1. The van der Waals surface area contributed by atoms with E-state index in [-0.39, 0.29) is 0 Å². The second-order valence-corrected chi connectivity index (χ2v) is 10.1. The molecule has 33 heavy (non-hydrogen) atoms. The first kappa shape index (κ1) is 24.9. The summed E-state index contributed by atoms with van der Waals surface area (Å²) in [5.74, 6) is -0.297. The first-order chi connectivity index (χ1) is 15.9. The molecule has 7 nitrogen and oxygen atoms in total. The second-order valence-electron chi connectivity index (χ2n) is 8.40. The maximum Gasteiger partial charge on any atom is 0.241 e. The number of sulfonamides is 1. The molecule has 3 rings (SSSR count). The molecule has 0 saturated carbocycles. The van der Waals surface area contributed by atoms with E-state index in [1.807, 2.05) is 36.4 Å². The summed E-state index contributed by atoms with van der Waals surface area (Å²) in [7, 11) is -3.78. The summed E-state index contributed by atoms with van der Waals surface area (Å²) in [6, 6.07) is 15.1. The summed E-state index contributed by atoms with van der Waals surface area (Å²) in [5, 5.41) is 2.69. The highest BCUT2D eigenvalue weighted by molar-refractivity contribution is 7.93. The van der Waals surface area contributed by atoms with Gasteiger partial charge in [0.1, 0.15) is 11.5 Å². The molecule has 8 heteroatoms. The topological polar surface area (TPSA) is 87.7 Å². The molecule has 0 aliphatic carbocycles. The van der Waals surface area contributed by atoms with E-state index in [0.717, 1.165) is 42.9 Å². The van der Waals surface area contributed by atoms with Gasteiger partial charge in [0.05, 0.1) is 6.61 Å². The summed E-state index contributed by atoms with van der Waals surface area (Å²) >= 11 is 0. The molecule has 2 N–H and O–H groups in total. The third-order valence-corrected chi connectivity index (χ3v) is 6.80. The van der Waals surface area contributed by atoms with E-state index in [1.165, 1.54) is 19.3 Å². The van der Waals surface area contributed by atoms with Crippen molar-refractivity contribution in [3.8, 4) is 5.75 Å². The van der Waals surface area contributed by atoms with Crippen molar-refractivity contribution >= 4 is 27.3 Å². The number of hydrogen-bond acceptors (Lipinski definition) is 5. The summed E-state index contributed by atoms with van der Waals surface area (Å²) < 4.78 is 32.9. The van der Waals surface area contributed by atoms with Gasteiger partial charge in [-0.3, -0.25) is 9.52 Å². The van der Waals surface area contributed by atoms with Crippen LogP contribution in [0, 0.1) is 0 Å². The lowest BCUT2D eigenvalue weighted by molar-refractivity contribution is -0.118. The molecule has 1 amide bonds. The van der Waals surface area contributed by atoms with Crippen LogP contribution >= 0.6 is 0 Å². The minimum atomic E-state index is -3.78. The van der Waals surface area contributed by atoms with Gasteiger partial charge in [-0.2, -0.15) is 0 Å². The van der Waals surface area contributed by atoms with Crippen molar-refractivity contribution in [1.29, 1.82) is 0 Å². The molecule has 0 aromatic heterocycles. The standard InChI is InChI=1S/C25H35N3O4S/c1-2-3-19-32-24-13-7-21(8-14-24)15-16-26-25(29)20-33(30,31)27-22-9-11-23(12-10-22)28-17-5-4-6-18-28/h7-14,27H,2-6,15-20H2,1H3,(H,26,29). The Hall–Kier alpha value is -2.74. The fourth-order valence-electron chi connectivity index (χ4n) is 3.76. The van der Waals surface area contributed by atoms with Crippen LogP contribution in [0.2, 0.25) is 0 Å². The van der Waals surface area contributed by atoms with Crippen molar-refractivity contribution in [2.24, 2.45) is 0 Å². The third kappa shape index (κ3) is 8.61. The highest BCUT2D eigenvalue weighted by atomic mass is 32.2. The maximum atomic E-state index is 12.4. The average molecular weight is 474 g/mol. The van der Waals surface area contributed by atoms with Crippen LogP contribution in [0.1, 0.15) is 44.6 Å². The second kappa shape index (κ2) is 12.5. The molecule has 1 fully saturated rings. The van der Waals surface area contributed by atoms with E-state index in [9.17, 15) is 13.2 Å². The fraction of sp³-hybridized carbons (Fsp3) is 0.480. The van der Waals surface area contributed by atoms with Gasteiger partial charge in [-0.15, -0.1) is 0 Å². The van der Waals surface area contributed by atoms with Crippen molar-refractivity contribution in [3.63, 3.8) is 0 Å². The van der Waals surface area contributed by atoms with Gasteiger partial charge in [-0.25, -0.2) is 8.42 Å². The lowest BCUT2D eigenvalue weighted by atomic mass is 10.1. The molecule has 180 valence electrons. The quantitative estimate of drug-likeness (QED) is 0.456. The number of nitrogens with zero attached hydrogens (tertiary/aromatic N) is 1. The number of unbranched alkanes of at least 4 members (excludes halogenated alkanes) is 1. The molecule has 1 heterocycles. The van der Waals surface area contributed by atoms with Crippen LogP contribution in [0.25, 0.3) is 0 Å². The molecule has 1 aliphatic rings. The predicted octanol–water partition coefficient (Wildman–Crippen LogP) is 3.96. The highest BCUT2D eigenvalue weighted by Gasteiger charge is 2.17. The van der Waals surface area contributed by atoms with Crippen LogP contribution in [0.3, 0.4) is 0 Å². The lowest BCUT2D eigenvalue weighted by Gasteiger charge is -2.28. The fourth-order valence-corrected chi connectivity index (χ4v) is 4.78. The zero-order valence-corrected chi connectivity index (χ0v) is 20.2. The van der Waals surface area contributed by atoms with Gasteiger partial charge in [0, 0.05) is 31.0 Å². The SMILES string of the molecule is CCCCOc1ccc(CCNC(=O)CS(=O)(=O)Nc2ccc(N3CCCCC3)cc2)cc1. The van der Waals surface area contributed by atoms with E-state index >= 15 is 0 Å². The number of carbonyl (C=O) groups excluding carboxylic acids is 1. The number of anilines is 2. The minimum Gasteiger partial charge on any atom is -0.494 e. The van der Waals surface area contributed by atoms with Crippen LogP contribution < -0.4 is 19.7 Å². The van der Waals surface area contributed by atoms with E-state index in [4.69, 9.17) is 4.74 Å². The van der Waals surface area contributed by atoms with Crippen LogP contribution in [0.15, 0.2) is 48.5 Å². The van der Waals surface area contributed by atoms with E-state index in [0.29, 0.717) is 25.3 Å². The molecule has 0 unspecified atom stereocenters. The largest absolute Gasteiger partial charge is 0.494 e. The Labute approximate surface area is 197 Å². The Morgan fingerprint density at radius 1 is 1.00 bits per heavy atom. The summed E-state index contributed by atoms with van der Waals surface area (Å²) in [5.41, 5.74) is 2.61. The van der Waals surface area contributed by atoms with Crippen LogP contribution in [0.4, 0.5) is 11.4 Å². The van der Waals surface area contributed by atoms with Crippen LogP contribution in [0.5, 0.6) is 5.75 Å². The number of ether oxygens (including phenoxy) is 1. The molecule has 1 aliphatic heterocycles. The maximum absolute atomic E-state index is 12.4. The van der Waals surface area contributed by atoms with Crippen LogP contribution in [-0.4, -0.2) is 46.3 Å². The monoisotopic (exact) mass is 473 g/mol. The van der Waals surface area contributed by atoms with Gasteiger partial charge in [0.15, 0.2) is 0 Å². The molecule has 1 saturated heterocycles. The van der Waals surface area contributed by atoms with Gasteiger partial charge in [-0.1, -0.05) is 25.5 Å². The molecular weight excluding hydrogens is 438 g/mol. The zero-order chi connectivity index (χ0) is 23.5. The summed E-state index contributed by atoms with van der Waals surface area (Å²) in [6.07, 6.45) is 6.36. The number of hydrogen-bond donors (Lipinski definition) is 2. The van der Waals surface area contributed by atoms with E-state index < -0.39 is 21.7 Å². The van der Waals surface area contributed by atoms with E-state index in [1.54, 1.807) is 12.1 Å². The Balaban J connectivity index is 1.40. The van der Waals surface area contributed by atoms with Crippen molar-refractivity contribution < 1.29 is 17.9 Å². The lowest BCUT2D eigenvalue weighted by Crippen LogP contribution is -2.34. The van der Waals surface area contributed by atoms with Crippen molar-refractivity contribution in [2.75, 3.05) is 41.6 Å². The molecule has 2 aromatic rings. The van der Waals surface area contributed by atoms with Crippen molar-refractivity contribution in [3.05, 3.63) is 54.1 Å². The van der Waals surface area contributed by atoms with Gasteiger partial charge in [-0.05, 0) is 74.1 Å². The zero-order valence-electron chi connectivity index (χ0n) is 19.4. The average Bonchev–Trinajstić information content (AvgIpc) is 2.81. The Kier molecular flexibility index (Phi) is 9.42. The Morgan fingerprint density at radius 2 is 1.70 bits per heavy atom. The smallest absolute Gasteiger partial charge is 0.241 e. The molecule has 2 aromatic carbocycles. The molecule has 0 atom stereocenters. The minimum absolute atomic E-state index is 0.370. The van der Waals surface area contributed by atoms with Gasteiger partial charge in [0.2, 0.25) is 15.9 Å². The highest BCUT2D eigenvalue weighted by Crippen LogP contribution is 2.22. The Bertz CT molecular complexity index is 970. The van der Waals surface area contributed by atoms with Crippen molar-refractivity contribution in [1.82, 2.24) is 5.32 Å². The molecule has 0 spiro atoms. The predicted molar refractivity (Wildman–Crippen MR) is 133 cm³/mol.